The first-order chi connectivity index (χ1) is 6.93. The van der Waals surface area contributed by atoms with Gasteiger partial charge in [0.25, 0.3) is 0 Å². The van der Waals surface area contributed by atoms with Gasteiger partial charge in [-0.05, 0) is 5.56 Å². The van der Waals surface area contributed by atoms with Crippen molar-refractivity contribution in [1.29, 1.82) is 0 Å². The van der Waals surface area contributed by atoms with Gasteiger partial charge in [0.1, 0.15) is 0 Å². The van der Waals surface area contributed by atoms with Crippen molar-refractivity contribution in [1.82, 2.24) is 4.90 Å². The van der Waals surface area contributed by atoms with E-state index in [-0.39, 0.29) is 11.3 Å². The lowest BCUT2D eigenvalue weighted by Gasteiger charge is -2.30. The Bertz CT molecular complexity index is 330. The van der Waals surface area contributed by atoms with Gasteiger partial charge in [0.05, 0.1) is 0 Å². The van der Waals surface area contributed by atoms with E-state index >= 15 is 0 Å². The highest BCUT2D eigenvalue weighted by atomic mass is 16.2. The van der Waals surface area contributed by atoms with Gasteiger partial charge < -0.3 is 4.90 Å². The number of hydrogen-bond acceptors (Lipinski definition) is 1. The minimum atomic E-state index is 0.00167. The molecule has 0 spiro atoms. The van der Waals surface area contributed by atoms with Gasteiger partial charge >= 0.3 is 0 Å². The zero-order chi connectivity index (χ0) is 11.5. The number of nitrogens with zero attached hydrogens (tertiary/aromatic N) is 1. The van der Waals surface area contributed by atoms with Crippen LogP contribution in [-0.2, 0) is 10.2 Å². The van der Waals surface area contributed by atoms with Crippen LogP contribution in [0.4, 0.5) is 0 Å². The lowest BCUT2D eigenvalue weighted by Crippen LogP contribution is -2.37. The smallest absolute Gasteiger partial charge is 0.219 e. The molecule has 2 nitrogen and oxygen atoms in total. The van der Waals surface area contributed by atoms with Gasteiger partial charge in [-0.15, -0.1) is 0 Å². The van der Waals surface area contributed by atoms with Crippen LogP contribution in [0.15, 0.2) is 30.3 Å². The number of likely N-dealkylation sites (N-methyl/N-ethyl adjacent to an activating group) is 1. The minimum Gasteiger partial charge on any atom is -0.345 e. The molecular formula is C13H19NO. The fourth-order valence-electron chi connectivity index (χ4n) is 1.68. The van der Waals surface area contributed by atoms with Crippen molar-refractivity contribution >= 4 is 5.91 Å². The summed E-state index contributed by atoms with van der Waals surface area (Å²) in [4.78, 5) is 12.9. The highest BCUT2D eigenvalue weighted by Crippen LogP contribution is 2.23. The van der Waals surface area contributed by atoms with Gasteiger partial charge in [0, 0.05) is 25.9 Å². The first kappa shape index (κ1) is 11.8. The van der Waals surface area contributed by atoms with E-state index in [2.05, 4.69) is 26.0 Å². The van der Waals surface area contributed by atoms with Gasteiger partial charge in [-0.2, -0.15) is 0 Å². The molecule has 15 heavy (non-hydrogen) atoms. The molecule has 0 aliphatic heterocycles. The normalized spacial score (nSPS) is 11.2. The van der Waals surface area contributed by atoms with Crippen molar-refractivity contribution in [3.05, 3.63) is 35.9 Å². The Morgan fingerprint density at radius 1 is 1.27 bits per heavy atom. The zero-order valence-corrected chi connectivity index (χ0v) is 9.95. The summed E-state index contributed by atoms with van der Waals surface area (Å²) in [6.45, 7) is 6.65. The Balaban J connectivity index is 2.80. The van der Waals surface area contributed by atoms with Gasteiger partial charge in [-0.3, -0.25) is 4.79 Å². The van der Waals surface area contributed by atoms with Gasteiger partial charge in [0.15, 0.2) is 0 Å². The van der Waals surface area contributed by atoms with E-state index in [9.17, 15) is 4.79 Å². The summed E-state index contributed by atoms with van der Waals surface area (Å²) in [5.41, 5.74) is 1.26. The number of carbonyl (C=O) groups is 1. The molecule has 1 aromatic carbocycles. The standard InChI is InChI=1S/C13H19NO/c1-11(15)14(4)10-13(2,3)12-8-6-5-7-9-12/h5-9H,10H2,1-4H3. The molecule has 2 heteroatoms. The molecule has 0 aliphatic rings. The summed E-state index contributed by atoms with van der Waals surface area (Å²) in [6, 6.07) is 10.3. The summed E-state index contributed by atoms with van der Waals surface area (Å²) in [6.07, 6.45) is 0. The number of rotatable bonds is 3. The number of amides is 1. The monoisotopic (exact) mass is 205 g/mol. The van der Waals surface area contributed by atoms with Gasteiger partial charge in [-0.25, -0.2) is 0 Å². The van der Waals surface area contributed by atoms with E-state index in [1.54, 1.807) is 11.8 Å². The highest BCUT2D eigenvalue weighted by molar-refractivity contribution is 5.73. The number of hydrogen-bond donors (Lipinski definition) is 0. The van der Waals surface area contributed by atoms with Crippen molar-refractivity contribution < 1.29 is 4.79 Å². The molecule has 0 aromatic heterocycles. The van der Waals surface area contributed by atoms with Gasteiger partial charge in [0.2, 0.25) is 5.91 Å². The molecule has 1 aromatic rings. The Morgan fingerprint density at radius 3 is 2.27 bits per heavy atom. The van der Waals surface area contributed by atoms with Crippen LogP contribution in [0, 0.1) is 0 Å². The van der Waals surface area contributed by atoms with Crippen LogP contribution >= 0.6 is 0 Å². The second-order valence-electron chi connectivity index (χ2n) is 4.62. The summed E-state index contributed by atoms with van der Waals surface area (Å²) < 4.78 is 0. The molecule has 1 amide bonds. The second-order valence-corrected chi connectivity index (χ2v) is 4.62. The summed E-state index contributed by atoms with van der Waals surface area (Å²) in [5.74, 6) is 0.110. The molecule has 0 radical (unpaired) electrons. The average Bonchev–Trinajstić information content (AvgIpc) is 2.18. The number of benzene rings is 1. The molecule has 0 N–H and O–H groups in total. The van der Waals surface area contributed by atoms with Crippen LogP contribution in [0.5, 0.6) is 0 Å². The summed E-state index contributed by atoms with van der Waals surface area (Å²) in [5, 5.41) is 0. The Hall–Kier alpha value is -1.31. The van der Waals surface area contributed by atoms with Crippen molar-refractivity contribution in [3.8, 4) is 0 Å². The SMILES string of the molecule is CC(=O)N(C)CC(C)(C)c1ccccc1. The lowest BCUT2D eigenvalue weighted by molar-refractivity contribution is -0.128. The maximum Gasteiger partial charge on any atom is 0.219 e. The molecule has 0 saturated heterocycles. The third kappa shape index (κ3) is 3.08. The molecule has 0 heterocycles. The second kappa shape index (κ2) is 4.47. The lowest BCUT2D eigenvalue weighted by atomic mass is 9.84. The molecule has 0 fully saturated rings. The Kier molecular flexibility index (Phi) is 3.51. The molecule has 0 aliphatic carbocycles. The van der Waals surface area contributed by atoms with E-state index in [4.69, 9.17) is 0 Å². The van der Waals surface area contributed by atoms with E-state index in [0.717, 1.165) is 6.54 Å². The Labute approximate surface area is 91.9 Å². The fourth-order valence-corrected chi connectivity index (χ4v) is 1.68. The van der Waals surface area contributed by atoms with Crippen LogP contribution in [0.1, 0.15) is 26.3 Å². The van der Waals surface area contributed by atoms with Crippen molar-refractivity contribution in [3.63, 3.8) is 0 Å². The third-order valence-corrected chi connectivity index (χ3v) is 2.73. The van der Waals surface area contributed by atoms with Crippen LogP contribution in [0.3, 0.4) is 0 Å². The van der Waals surface area contributed by atoms with E-state index in [1.807, 2.05) is 25.2 Å². The quantitative estimate of drug-likeness (QED) is 0.742. The van der Waals surface area contributed by atoms with Crippen LogP contribution in [0.25, 0.3) is 0 Å². The molecule has 0 bridgehead atoms. The fraction of sp³-hybridized carbons (Fsp3) is 0.462. The number of carbonyl (C=O) groups excluding carboxylic acids is 1. The summed E-state index contributed by atoms with van der Waals surface area (Å²) >= 11 is 0. The molecule has 1 rings (SSSR count). The Morgan fingerprint density at radius 2 is 1.80 bits per heavy atom. The van der Waals surface area contributed by atoms with Crippen molar-refractivity contribution in [2.45, 2.75) is 26.2 Å². The van der Waals surface area contributed by atoms with Crippen molar-refractivity contribution in [2.75, 3.05) is 13.6 Å². The van der Waals surface area contributed by atoms with Crippen LogP contribution in [-0.4, -0.2) is 24.4 Å². The van der Waals surface area contributed by atoms with E-state index in [1.165, 1.54) is 5.56 Å². The first-order valence-electron chi connectivity index (χ1n) is 5.21. The van der Waals surface area contributed by atoms with E-state index in [0.29, 0.717) is 0 Å². The average molecular weight is 205 g/mol. The summed E-state index contributed by atoms with van der Waals surface area (Å²) in [7, 11) is 1.84. The molecule has 0 saturated carbocycles. The molecular weight excluding hydrogens is 186 g/mol. The maximum atomic E-state index is 11.2. The molecule has 0 unspecified atom stereocenters. The molecule has 82 valence electrons. The largest absolute Gasteiger partial charge is 0.345 e. The molecule has 0 atom stereocenters. The first-order valence-corrected chi connectivity index (χ1v) is 5.21. The predicted octanol–water partition coefficient (Wildman–Crippen LogP) is 2.44. The van der Waals surface area contributed by atoms with Gasteiger partial charge in [-0.1, -0.05) is 44.2 Å². The minimum absolute atomic E-state index is 0.00167. The highest BCUT2D eigenvalue weighted by Gasteiger charge is 2.23. The van der Waals surface area contributed by atoms with E-state index < -0.39 is 0 Å². The third-order valence-electron chi connectivity index (χ3n) is 2.73. The maximum absolute atomic E-state index is 11.2. The predicted molar refractivity (Wildman–Crippen MR) is 62.8 cm³/mol. The zero-order valence-electron chi connectivity index (χ0n) is 9.95. The van der Waals surface area contributed by atoms with Crippen LogP contribution in [0.2, 0.25) is 0 Å². The topological polar surface area (TPSA) is 20.3 Å². The van der Waals surface area contributed by atoms with Crippen LogP contribution < -0.4 is 0 Å². The van der Waals surface area contributed by atoms with Crippen molar-refractivity contribution in [2.24, 2.45) is 0 Å².